The van der Waals surface area contributed by atoms with Crippen molar-refractivity contribution in [2.45, 2.75) is 45.7 Å². The molecule has 4 rings (SSSR count). The number of nitrogens with one attached hydrogen (secondary N) is 1. The normalized spacial score (nSPS) is 13.3. The van der Waals surface area contributed by atoms with Crippen molar-refractivity contribution in [3.05, 3.63) is 63.2 Å². The van der Waals surface area contributed by atoms with Crippen LogP contribution in [0, 0.1) is 0 Å². The van der Waals surface area contributed by atoms with Crippen LogP contribution < -0.4 is 5.43 Å². The van der Waals surface area contributed by atoms with Crippen LogP contribution in [0.25, 0.3) is 10.9 Å². The molecule has 1 aliphatic rings. The van der Waals surface area contributed by atoms with E-state index in [1.807, 2.05) is 28.8 Å². The van der Waals surface area contributed by atoms with Crippen molar-refractivity contribution < 1.29 is 4.79 Å². The van der Waals surface area contributed by atoms with Crippen LogP contribution in [0.2, 0.25) is 0 Å². The van der Waals surface area contributed by atoms with E-state index in [-0.39, 0.29) is 22.3 Å². The van der Waals surface area contributed by atoms with E-state index >= 15 is 0 Å². The molecule has 0 unspecified atom stereocenters. The van der Waals surface area contributed by atoms with Gasteiger partial charge in [0.2, 0.25) is 5.43 Å². The van der Waals surface area contributed by atoms with Gasteiger partial charge in [-0.25, -0.2) is 0 Å². The van der Waals surface area contributed by atoms with Crippen molar-refractivity contribution in [3.63, 3.8) is 0 Å². The predicted octanol–water partition coefficient (Wildman–Crippen LogP) is 2.85. The Hall–Kier alpha value is -2.89. The first-order valence-corrected chi connectivity index (χ1v) is 9.21. The van der Waals surface area contributed by atoms with E-state index in [1.165, 1.54) is 5.56 Å². The number of nitrogens with zero attached hydrogens (tertiary/aromatic N) is 3. The summed E-state index contributed by atoms with van der Waals surface area (Å²) in [5.41, 5.74) is 3.90. The Labute approximate surface area is 157 Å². The zero-order valence-electron chi connectivity index (χ0n) is 16.2. The summed E-state index contributed by atoms with van der Waals surface area (Å²) in [5, 5.41) is 7.96. The fourth-order valence-corrected chi connectivity index (χ4v) is 3.67. The van der Waals surface area contributed by atoms with E-state index < -0.39 is 0 Å². The zero-order valence-corrected chi connectivity index (χ0v) is 16.2. The lowest BCUT2D eigenvalue weighted by atomic mass is 9.92. The van der Waals surface area contributed by atoms with E-state index in [4.69, 9.17) is 0 Å². The maximum Gasteiger partial charge on any atom is 0.259 e. The number of para-hydroxylation sites is 1. The molecule has 140 valence electrons. The highest BCUT2D eigenvalue weighted by molar-refractivity contribution is 5.97. The molecule has 0 saturated carbocycles. The van der Waals surface area contributed by atoms with Gasteiger partial charge in [0, 0.05) is 30.6 Å². The molecule has 1 N–H and O–H groups in total. The highest BCUT2D eigenvalue weighted by Gasteiger charge is 2.23. The third kappa shape index (κ3) is 2.95. The minimum Gasteiger partial charge on any atom is -0.346 e. The van der Waals surface area contributed by atoms with Crippen molar-refractivity contribution in [1.29, 1.82) is 0 Å². The van der Waals surface area contributed by atoms with Gasteiger partial charge in [-0.15, -0.1) is 0 Å². The number of aromatic amines is 1. The molecule has 0 atom stereocenters. The Bertz CT molecular complexity index is 1100. The highest BCUT2D eigenvalue weighted by atomic mass is 16.2. The van der Waals surface area contributed by atoms with Gasteiger partial charge in [0.25, 0.3) is 5.91 Å². The van der Waals surface area contributed by atoms with Gasteiger partial charge in [0.05, 0.1) is 23.4 Å². The fraction of sp³-hybridized carbons (Fsp3) is 0.381. The molecular formula is C21H24N4O2. The first kappa shape index (κ1) is 17.5. The lowest BCUT2D eigenvalue weighted by Gasteiger charge is -2.17. The van der Waals surface area contributed by atoms with E-state index in [0.717, 1.165) is 29.9 Å². The number of hydrogen-bond donors (Lipinski definition) is 1. The highest BCUT2D eigenvalue weighted by Crippen LogP contribution is 2.24. The molecule has 0 spiro atoms. The summed E-state index contributed by atoms with van der Waals surface area (Å²) >= 11 is 0. The summed E-state index contributed by atoms with van der Waals surface area (Å²) < 4.78 is 2.03. The molecule has 1 aromatic carbocycles. The second-order valence-electron chi connectivity index (χ2n) is 8.32. The largest absolute Gasteiger partial charge is 0.346 e. The number of amides is 1. The quantitative estimate of drug-likeness (QED) is 0.777. The summed E-state index contributed by atoms with van der Waals surface area (Å²) in [6, 6.07) is 7.72. The summed E-state index contributed by atoms with van der Waals surface area (Å²) in [4.78, 5) is 27.5. The van der Waals surface area contributed by atoms with Crippen LogP contribution in [0.5, 0.6) is 0 Å². The molecule has 0 bridgehead atoms. The number of rotatable bonds is 3. The lowest BCUT2D eigenvalue weighted by Crippen LogP contribution is -2.31. The molecule has 0 fully saturated rings. The van der Waals surface area contributed by atoms with Gasteiger partial charge in [-0.2, -0.15) is 5.10 Å². The standard InChI is InChI=1S/C21H24N4O2/c1-21(2,3)17-10-14(22-23-17)11-24(4)20(27)16-12-25-9-8-13-6-5-7-15(18(13)25)19(16)26/h5-7,10,12H,8-9,11H2,1-4H3,(H,22,23). The van der Waals surface area contributed by atoms with Crippen molar-refractivity contribution in [2.24, 2.45) is 0 Å². The lowest BCUT2D eigenvalue weighted by molar-refractivity contribution is 0.0781. The summed E-state index contributed by atoms with van der Waals surface area (Å²) in [7, 11) is 1.71. The molecular weight excluding hydrogens is 340 g/mol. The van der Waals surface area contributed by atoms with Gasteiger partial charge in [-0.1, -0.05) is 32.9 Å². The van der Waals surface area contributed by atoms with Crippen LogP contribution in [0.3, 0.4) is 0 Å². The number of hydrogen-bond acceptors (Lipinski definition) is 3. The molecule has 1 amide bonds. The maximum absolute atomic E-state index is 13.0. The molecule has 3 heterocycles. The molecule has 0 saturated heterocycles. The summed E-state index contributed by atoms with van der Waals surface area (Å²) in [6.07, 6.45) is 2.61. The zero-order chi connectivity index (χ0) is 19.3. The molecule has 0 aliphatic carbocycles. The average Bonchev–Trinajstić information content (AvgIpc) is 3.25. The number of H-pyrrole nitrogens is 1. The van der Waals surface area contributed by atoms with Crippen molar-refractivity contribution >= 4 is 16.8 Å². The van der Waals surface area contributed by atoms with Gasteiger partial charge < -0.3 is 9.47 Å². The maximum atomic E-state index is 13.0. The Kier molecular flexibility index (Phi) is 3.94. The van der Waals surface area contributed by atoms with Gasteiger partial charge in [-0.05, 0) is 24.1 Å². The van der Waals surface area contributed by atoms with Crippen LogP contribution in [0.4, 0.5) is 0 Å². The first-order valence-electron chi connectivity index (χ1n) is 9.21. The third-order valence-electron chi connectivity index (χ3n) is 5.19. The molecule has 6 heteroatoms. The Morgan fingerprint density at radius 1 is 1.33 bits per heavy atom. The first-order chi connectivity index (χ1) is 12.8. The average molecular weight is 364 g/mol. The van der Waals surface area contributed by atoms with Crippen LogP contribution in [0.15, 0.2) is 35.3 Å². The molecule has 1 aliphatic heterocycles. The van der Waals surface area contributed by atoms with E-state index in [9.17, 15) is 9.59 Å². The topological polar surface area (TPSA) is 71.0 Å². The van der Waals surface area contributed by atoms with Crippen LogP contribution in [-0.2, 0) is 24.9 Å². The third-order valence-corrected chi connectivity index (χ3v) is 5.19. The van der Waals surface area contributed by atoms with Gasteiger partial charge in [-0.3, -0.25) is 14.7 Å². The second kappa shape index (κ2) is 6.08. The molecule has 3 aromatic rings. The van der Waals surface area contributed by atoms with E-state index in [0.29, 0.717) is 11.9 Å². The van der Waals surface area contributed by atoms with Crippen molar-refractivity contribution in [3.8, 4) is 0 Å². The minimum absolute atomic E-state index is 0.0592. The second-order valence-corrected chi connectivity index (χ2v) is 8.32. The summed E-state index contributed by atoms with van der Waals surface area (Å²) in [5.74, 6) is -0.269. The van der Waals surface area contributed by atoms with E-state index in [2.05, 4.69) is 31.0 Å². The SMILES string of the molecule is CN(Cc1cc(C(C)(C)C)n[nH]1)C(=O)c1cn2c3c(cccc3c1=O)CC2. The van der Waals surface area contributed by atoms with Crippen molar-refractivity contribution in [2.75, 3.05) is 7.05 Å². The van der Waals surface area contributed by atoms with Crippen molar-refractivity contribution in [1.82, 2.24) is 19.7 Å². The molecule has 6 nitrogen and oxygen atoms in total. The van der Waals surface area contributed by atoms with Crippen LogP contribution in [-0.4, -0.2) is 32.6 Å². The number of pyridine rings is 1. The van der Waals surface area contributed by atoms with Gasteiger partial charge >= 0.3 is 0 Å². The monoisotopic (exact) mass is 364 g/mol. The van der Waals surface area contributed by atoms with Gasteiger partial charge in [0.15, 0.2) is 0 Å². The fourth-order valence-electron chi connectivity index (χ4n) is 3.67. The number of aryl methyl sites for hydroxylation is 2. The van der Waals surface area contributed by atoms with Crippen LogP contribution in [0.1, 0.15) is 48.1 Å². The Balaban J connectivity index is 1.65. The predicted molar refractivity (Wildman–Crippen MR) is 105 cm³/mol. The number of aromatic nitrogens is 3. The number of carbonyl (C=O) groups excluding carboxylic acids is 1. The summed E-state index contributed by atoms with van der Waals surface area (Å²) in [6.45, 7) is 7.45. The number of carbonyl (C=O) groups is 1. The van der Waals surface area contributed by atoms with Crippen LogP contribution >= 0.6 is 0 Å². The Morgan fingerprint density at radius 2 is 2.11 bits per heavy atom. The smallest absolute Gasteiger partial charge is 0.259 e. The molecule has 2 aromatic heterocycles. The molecule has 0 radical (unpaired) electrons. The number of benzene rings is 1. The van der Waals surface area contributed by atoms with E-state index in [1.54, 1.807) is 18.1 Å². The minimum atomic E-state index is -0.269. The molecule has 27 heavy (non-hydrogen) atoms. The van der Waals surface area contributed by atoms with Gasteiger partial charge in [0.1, 0.15) is 5.56 Å². The Morgan fingerprint density at radius 3 is 2.81 bits per heavy atom.